The van der Waals surface area contributed by atoms with Gasteiger partial charge in [0.1, 0.15) is 0 Å². The molecule has 58 valence electrons. The van der Waals surface area contributed by atoms with E-state index in [2.05, 4.69) is 5.29 Å². The largest absolute Gasteiger partial charge is 0.391 e. The molecule has 0 aromatic heterocycles. The van der Waals surface area contributed by atoms with E-state index in [1.54, 1.807) is 0 Å². The Morgan fingerprint density at radius 3 is 3.00 bits per heavy atom. The molecule has 4 heteroatoms. The summed E-state index contributed by atoms with van der Waals surface area (Å²) >= 11 is 0. The third kappa shape index (κ3) is 1.95. The third-order valence-electron chi connectivity index (χ3n) is 1.74. The quantitative estimate of drug-likeness (QED) is 0.546. The van der Waals surface area contributed by atoms with Gasteiger partial charge < -0.3 is 5.11 Å². The number of nitrogens with zero attached hydrogens (tertiary/aromatic N) is 2. The van der Waals surface area contributed by atoms with E-state index in [0.29, 0.717) is 13.1 Å². The predicted molar refractivity (Wildman–Crippen MR) is 37.2 cm³/mol. The molecule has 1 heterocycles. The van der Waals surface area contributed by atoms with Gasteiger partial charge >= 0.3 is 0 Å². The minimum Gasteiger partial charge on any atom is -0.391 e. The molecule has 0 aromatic rings. The lowest BCUT2D eigenvalue weighted by atomic mass is 10.2. The highest BCUT2D eigenvalue weighted by Crippen LogP contribution is 2.09. The van der Waals surface area contributed by atoms with Crippen LogP contribution in [0.1, 0.15) is 19.3 Å². The van der Waals surface area contributed by atoms with Crippen LogP contribution in [0.2, 0.25) is 0 Å². The summed E-state index contributed by atoms with van der Waals surface area (Å²) in [7, 11) is 0. The summed E-state index contributed by atoms with van der Waals surface area (Å²) in [6, 6.07) is 0. The Morgan fingerprint density at radius 2 is 2.30 bits per heavy atom. The van der Waals surface area contributed by atoms with E-state index >= 15 is 0 Å². The van der Waals surface area contributed by atoms with Crippen molar-refractivity contribution in [3.8, 4) is 0 Å². The van der Waals surface area contributed by atoms with Crippen LogP contribution >= 0.6 is 0 Å². The summed E-state index contributed by atoms with van der Waals surface area (Å²) in [5.41, 5.74) is 0. The topological polar surface area (TPSA) is 52.9 Å². The maximum absolute atomic E-state index is 10.0. The molecular weight excluding hydrogens is 132 g/mol. The fraction of sp³-hybridized carbons (Fsp3) is 1.00. The van der Waals surface area contributed by atoms with Crippen molar-refractivity contribution in [1.29, 1.82) is 0 Å². The molecule has 4 nitrogen and oxygen atoms in total. The lowest BCUT2D eigenvalue weighted by Gasteiger charge is -2.13. The maximum Gasteiger partial charge on any atom is 0.0733 e. The van der Waals surface area contributed by atoms with Gasteiger partial charge in [-0.2, -0.15) is 0 Å². The van der Waals surface area contributed by atoms with Crippen molar-refractivity contribution in [1.82, 2.24) is 5.01 Å². The first-order valence-electron chi connectivity index (χ1n) is 3.59. The van der Waals surface area contributed by atoms with Gasteiger partial charge in [-0.1, -0.05) is 0 Å². The lowest BCUT2D eigenvalue weighted by molar-refractivity contribution is 0.122. The van der Waals surface area contributed by atoms with Crippen molar-refractivity contribution < 1.29 is 5.11 Å². The summed E-state index contributed by atoms with van der Waals surface area (Å²) in [6.45, 7) is 1.10. The summed E-state index contributed by atoms with van der Waals surface area (Å²) in [5, 5.41) is 13.3. The van der Waals surface area contributed by atoms with Crippen LogP contribution in [-0.4, -0.2) is 29.3 Å². The Hall–Kier alpha value is -0.640. The number of nitroso groups, excluding NO2 is 1. The molecule has 0 amide bonds. The van der Waals surface area contributed by atoms with E-state index in [9.17, 15) is 4.91 Å². The average Bonchev–Trinajstić information content (AvgIpc) is 2.13. The minimum absolute atomic E-state index is 0.361. The van der Waals surface area contributed by atoms with Gasteiger partial charge in [-0.05, 0) is 19.3 Å². The third-order valence-corrected chi connectivity index (χ3v) is 1.74. The molecular formula is C6H12N2O2. The number of β-amino-alcohol motifs (C(OH)–C–C–N with tert-alkyl or cyclic N) is 1. The fourth-order valence-electron chi connectivity index (χ4n) is 1.17. The summed E-state index contributed by atoms with van der Waals surface area (Å²) < 4.78 is 0. The zero-order chi connectivity index (χ0) is 7.40. The van der Waals surface area contributed by atoms with E-state index < -0.39 is 0 Å². The van der Waals surface area contributed by atoms with Crippen LogP contribution in [0.3, 0.4) is 0 Å². The zero-order valence-electron chi connectivity index (χ0n) is 5.86. The molecule has 0 aromatic carbocycles. The number of aliphatic hydroxyl groups is 1. The molecule has 1 unspecified atom stereocenters. The Kier molecular flexibility index (Phi) is 2.62. The molecule has 0 saturated carbocycles. The highest BCUT2D eigenvalue weighted by molar-refractivity contribution is 4.66. The van der Waals surface area contributed by atoms with Crippen LogP contribution in [0.4, 0.5) is 0 Å². The van der Waals surface area contributed by atoms with Crippen LogP contribution in [0, 0.1) is 4.91 Å². The normalized spacial score (nSPS) is 27.7. The summed E-state index contributed by atoms with van der Waals surface area (Å²) in [6.07, 6.45) is 2.39. The number of hydrogen-bond donors (Lipinski definition) is 1. The van der Waals surface area contributed by atoms with Crippen LogP contribution < -0.4 is 0 Å². The standard InChI is InChI=1S/C6H12N2O2/c9-6-3-1-2-4-8(5-6)7-10/h6,9H,1-5H2. The molecule has 10 heavy (non-hydrogen) atoms. The molecule has 1 fully saturated rings. The predicted octanol–water partition coefficient (Wildman–Crippen LogP) is 0.515. The fourth-order valence-corrected chi connectivity index (χ4v) is 1.17. The van der Waals surface area contributed by atoms with E-state index in [4.69, 9.17) is 5.11 Å². The van der Waals surface area contributed by atoms with Gasteiger partial charge in [0.25, 0.3) is 0 Å². The Morgan fingerprint density at radius 1 is 1.50 bits per heavy atom. The van der Waals surface area contributed by atoms with Crippen molar-refractivity contribution >= 4 is 0 Å². The molecule has 0 aliphatic carbocycles. The van der Waals surface area contributed by atoms with Crippen molar-refractivity contribution in [2.24, 2.45) is 5.29 Å². The average molecular weight is 144 g/mol. The first kappa shape index (κ1) is 7.47. The van der Waals surface area contributed by atoms with Crippen LogP contribution in [-0.2, 0) is 0 Å². The summed E-state index contributed by atoms with van der Waals surface area (Å²) in [4.78, 5) is 10.0. The van der Waals surface area contributed by atoms with Crippen LogP contribution in [0.15, 0.2) is 5.29 Å². The number of aliphatic hydroxyl groups excluding tert-OH is 1. The van der Waals surface area contributed by atoms with Crippen molar-refractivity contribution in [2.45, 2.75) is 25.4 Å². The van der Waals surface area contributed by atoms with Crippen LogP contribution in [0.5, 0.6) is 0 Å². The highest BCUT2D eigenvalue weighted by atomic mass is 16.3. The monoisotopic (exact) mass is 144 g/mol. The smallest absolute Gasteiger partial charge is 0.0733 e. The van der Waals surface area contributed by atoms with Crippen molar-refractivity contribution in [2.75, 3.05) is 13.1 Å². The molecule has 1 aliphatic rings. The minimum atomic E-state index is -0.361. The van der Waals surface area contributed by atoms with Gasteiger partial charge in [-0.3, -0.25) is 5.01 Å². The van der Waals surface area contributed by atoms with Gasteiger partial charge in [0.15, 0.2) is 0 Å². The first-order chi connectivity index (χ1) is 4.83. The van der Waals surface area contributed by atoms with E-state index in [1.807, 2.05) is 0 Å². The van der Waals surface area contributed by atoms with Gasteiger partial charge in [-0.25, -0.2) is 0 Å². The Balaban J connectivity index is 2.37. The maximum atomic E-state index is 10.0. The van der Waals surface area contributed by atoms with Gasteiger partial charge in [0.2, 0.25) is 0 Å². The van der Waals surface area contributed by atoms with Crippen molar-refractivity contribution in [3.05, 3.63) is 4.91 Å². The first-order valence-corrected chi connectivity index (χ1v) is 3.59. The zero-order valence-corrected chi connectivity index (χ0v) is 5.86. The lowest BCUT2D eigenvalue weighted by Crippen LogP contribution is -2.25. The van der Waals surface area contributed by atoms with Crippen molar-refractivity contribution in [3.63, 3.8) is 0 Å². The van der Waals surface area contributed by atoms with Crippen LogP contribution in [0.25, 0.3) is 0 Å². The second-order valence-corrected chi connectivity index (χ2v) is 2.64. The SMILES string of the molecule is O=NN1CCCCC(O)C1. The molecule has 0 radical (unpaired) electrons. The second-order valence-electron chi connectivity index (χ2n) is 2.64. The van der Waals surface area contributed by atoms with E-state index in [-0.39, 0.29) is 6.10 Å². The molecule has 1 aliphatic heterocycles. The summed E-state index contributed by atoms with van der Waals surface area (Å²) in [5.74, 6) is 0. The van der Waals surface area contributed by atoms with Gasteiger partial charge in [0.05, 0.1) is 17.9 Å². The van der Waals surface area contributed by atoms with Gasteiger partial charge in [0, 0.05) is 6.54 Å². The number of rotatable bonds is 1. The van der Waals surface area contributed by atoms with E-state index in [0.717, 1.165) is 19.3 Å². The second kappa shape index (κ2) is 3.51. The molecule has 1 N–H and O–H groups in total. The van der Waals surface area contributed by atoms with Gasteiger partial charge in [-0.15, -0.1) is 4.91 Å². The number of hydrogen-bond acceptors (Lipinski definition) is 3. The molecule has 1 rings (SSSR count). The molecule has 1 atom stereocenters. The molecule has 0 spiro atoms. The highest BCUT2D eigenvalue weighted by Gasteiger charge is 2.14. The Labute approximate surface area is 59.8 Å². The molecule has 1 saturated heterocycles. The Bertz CT molecular complexity index is 118. The van der Waals surface area contributed by atoms with E-state index in [1.165, 1.54) is 5.01 Å². The molecule has 0 bridgehead atoms.